The zero-order valence-corrected chi connectivity index (χ0v) is 19.0. The first-order valence-corrected chi connectivity index (χ1v) is 12.0. The molecule has 1 saturated heterocycles. The molecule has 1 fully saturated rings. The number of aromatic nitrogens is 5. The molecule has 0 unspecified atom stereocenters. The summed E-state index contributed by atoms with van der Waals surface area (Å²) in [5.41, 5.74) is 1.17. The van der Waals surface area contributed by atoms with E-state index in [1.54, 1.807) is 41.7 Å². The number of sulfonamides is 1. The molecule has 3 aromatic heterocycles. The summed E-state index contributed by atoms with van der Waals surface area (Å²) in [7, 11) is -1.89. The second-order valence-electron chi connectivity index (χ2n) is 7.97. The van der Waals surface area contributed by atoms with E-state index in [1.807, 2.05) is 18.3 Å². The second kappa shape index (κ2) is 9.21. The Morgan fingerprint density at radius 2 is 1.91 bits per heavy atom. The summed E-state index contributed by atoms with van der Waals surface area (Å²) in [4.78, 5) is 20.8. The lowest BCUT2D eigenvalue weighted by Gasteiger charge is -2.29. The third-order valence-electron chi connectivity index (χ3n) is 5.79. The van der Waals surface area contributed by atoms with E-state index in [2.05, 4.69) is 20.4 Å². The largest absolute Gasteiger partial charge is 0.337 e. The van der Waals surface area contributed by atoms with E-state index >= 15 is 0 Å². The summed E-state index contributed by atoms with van der Waals surface area (Å²) in [5, 5.41) is 7.33. The Bertz CT molecular complexity index is 1160. The maximum atomic E-state index is 12.8. The molecular formula is C21H27N7O3S. The van der Waals surface area contributed by atoms with Gasteiger partial charge in [0.05, 0.1) is 0 Å². The fraction of sp³-hybridized carbons (Fsp3) is 0.429. The molecule has 10 nitrogen and oxygen atoms in total. The standard InChI is InChI=1S/C21H27N7O3S/c1-16-23-20(15-26(16)2)32(30,31)28-13-6-18(7-14-28)21(29)24-19-8-12-27(25-19)11-5-17-3-9-22-10-4-17/h3-4,8-10,12,15,18H,5-7,11,13-14H2,1-2H3,(H,24,25,29). The predicted octanol–water partition coefficient (Wildman–Crippen LogP) is 1.60. The Hall–Kier alpha value is -3.05. The maximum Gasteiger partial charge on any atom is 0.262 e. The molecule has 170 valence electrons. The van der Waals surface area contributed by atoms with Crippen molar-refractivity contribution in [3.05, 3.63) is 54.4 Å². The van der Waals surface area contributed by atoms with Crippen LogP contribution >= 0.6 is 0 Å². The van der Waals surface area contributed by atoms with Gasteiger partial charge >= 0.3 is 0 Å². The summed E-state index contributed by atoms with van der Waals surface area (Å²) in [5.74, 6) is 0.755. The lowest BCUT2D eigenvalue weighted by atomic mass is 9.97. The maximum absolute atomic E-state index is 12.8. The van der Waals surface area contributed by atoms with Crippen molar-refractivity contribution in [2.75, 3.05) is 18.4 Å². The Labute approximate surface area is 187 Å². The lowest BCUT2D eigenvalue weighted by molar-refractivity contribution is -0.120. The number of carbonyl (C=O) groups excluding carboxylic acids is 1. The first kappa shape index (κ1) is 22.2. The van der Waals surface area contributed by atoms with Crippen LogP contribution in [0.2, 0.25) is 0 Å². The van der Waals surface area contributed by atoms with Crippen molar-refractivity contribution in [2.45, 2.75) is 37.8 Å². The number of nitrogens with one attached hydrogen (secondary N) is 1. The van der Waals surface area contributed by atoms with Crippen LogP contribution in [0.5, 0.6) is 0 Å². The summed E-state index contributed by atoms with van der Waals surface area (Å²) in [6, 6.07) is 5.70. The SMILES string of the molecule is Cc1nc(S(=O)(=O)N2CCC(C(=O)Nc3ccn(CCc4ccncc4)n3)CC2)cn1C. The minimum absolute atomic E-state index is 0.0534. The van der Waals surface area contributed by atoms with Gasteiger partial charge in [-0.3, -0.25) is 14.5 Å². The second-order valence-corrected chi connectivity index (χ2v) is 9.86. The minimum Gasteiger partial charge on any atom is -0.337 e. The molecular weight excluding hydrogens is 430 g/mol. The van der Waals surface area contributed by atoms with Gasteiger partial charge < -0.3 is 9.88 Å². The number of anilines is 1. The molecule has 1 N–H and O–H groups in total. The number of aryl methyl sites for hydroxylation is 4. The van der Waals surface area contributed by atoms with Crippen LogP contribution in [-0.4, -0.2) is 56.0 Å². The molecule has 0 bridgehead atoms. The van der Waals surface area contributed by atoms with Gasteiger partial charge in [-0.2, -0.15) is 9.40 Å². The highest BCUT2D eigenvalue weighted by Crippen LogP contribution is 2.24. The Kier molecular flexibility index (Phi) is 6.38. The molecule has 1 amide bonds. The van der Waals surface area contributed by atoms with E-state index in [9.17, 15) is 13.2 Å². The average molecular weight is 458 g/mol. The van der Waals surface area contributed by atoms with Gasteiger partial charge in [0.15, 0.2) is 10.8 Å². The van der Waals surface area contributed by atoms with Gasteiger partial charge in [0.2, 0.25) is 5.91 Å². The summed E-state index contributed by atoms with van der Waals surface area (Å²) in [6.07, 6.45) is 8.62. The number of pyridine rings is 1. The van der Waals surface area contributed by atoms with Gasteiger partial charge in [-0.1, -0.05) is 0 Å². The van der Waals surface area contributed by atoms with Crippen molar-refractivity contribution in [3.63, 3.8) is 0 Å². The van der Waals surface area contributed by atoms with Crippen molar-refractivity contribution in [1.82, 2.24) is 28.6 Å². The number of rotatable bonds is 7. The third-order valence-corrected chi connectivity index (χ3v) is 7.56. The summed E-state index contributed by atoms with van der Waals surface area (Å²) >= 11 is 0. The van der Waals surface area contributed by atoms with Crippen LogP contribution in [0.15, 0.2) is 48.0 Å². The Morgan fingerprint density at radius 1 is 1.19 bits per heavy atom. The first-order valence-electron chi connectivity index (χ1n) is 10.6. The van der Waals surface area contributed by atoms with Gasteiger partial charge in [-0.05, 0) is 43.9 Å². The Morgan fingerprint density at radius 3 is 2.56 bits per heavy atom. The molecule has 11 heteroatoms. The molecule has 1 aliphatic heterocycles. The number of carbonyl (C=O) groups is 1. The van der Waals surface area contributed by atoms with Crippen molar-refractivity contribution < 1.29 is 13.2 Å². The number of hydrogen-bond acceptors (Lipinski definition) is 6. The zero-order valence-electron chi connectivity index (χ0n) is 18.2. The van der Waals surface area contributed by atoms with E-state index < -0.39 is 10.0 Å². The van der Waals surface area contributed by atoms with Gasteiger partial charge in [0.25, 0.3) is 10.0 Å². The average Bonchev–Trinajstić information content (AvgIpc) is 3.39. The van der Waals surface area contributed by atoms with Crippen molar-refractivity contribution in [2.24, 2.45) is 13.0 Å². The molecule has 4 heterocycles. The highest BCUT2D eigenvalue weighted by molar-refractivity contribution is 7.89. The number of hydrogen-bond donors (Lipinski definition) is 1. The zero-order chi connectivity index (χ0) is 22.7. The smallest absolute Gasteiger partial charge is 0.262 e. The molecule has 4 rings (SSSR count). The molecule has 0 spiro atoms. The number of piperidine rings is 1. The topological polar surface area (TPSA) is 115 Å². The number of amides is 1. The molecule has 0 aliphatic carbocycles. The van der Waals surface area contributed by atoms with Crippen molar-refractivity contribution >= 4 is 21.7 Å². The quantitative estimate of drug-likeness (QED) is 0.576. The highest BCUT2D eigenvalue weighted by atomic mass is 32.2. The first-order chi connectivity index (χ1) is 15.3. The highest BCUT2D eigenvalue weighted by Gasteiger charge is 2.33. The number of imidazole rings is 1. The fourth-order valence-electron chi connectivity index (χ4n) is 3.72. The monoisotopic (exact) mass is 457 g/mol. The van der Waals surface area contributed by atoms with Crippen LogP contribution in [0, 0.1) is 12.8 Å². The van der Waals surface area contributed by atoms with Crippen LogP contribution in [0.1, 0.15) is 24.2 Å². The van der Waals surface area contributed by atoms with Crippen LogP contribution in [-0.2, 0) is 34.8 Å². The van der Waals surface area contributed by atoms with E-state index in [0.29, 0.717) is 31.0 Å². The molecule has 0 aromatic carbocycles. The molecule has 0 atom stereocenters. The van der Waals surface area contributed by atoms with E-state index in [4.69, 9.17) is 0 Å². The molecule has 32 heavy (non-hydrogen) atoms. The van der Waals surface area contributed by atoms with Crippen LogP contribution in [0.4, 0.5) is 5.82 Å². The van der Waals surface area contributed by atoms with Gasteiger partial charge in [-0.15, -0.1) is 0 Å². The van der Waals surface area contributed by atoms with Gasteiger partial charge in [0, 0.05) is 63.5 Å². The number of nitrogens with zero attached hydrogens (tertiary/aromatic N) is 6. The van der Waals surface area contributed by atoms with Crippen LogP contribution in [0.3, 0.4) is 0 Å². The lowest BCUT2D eigenvalue weighted by Crippen LogP contribution is -2.41. The molecule has 0 saturated carbocycles. The normalized spacial score (nSPS) is 15.7. The van der Waals surface area contributed by atoms with Crippen LogP contribution < -0.4 is 5.32 Å². The molecule has 3 aromatic rings. The predicted molar refractivity (Wildman–Crippen MR) is 118 cm³/mol. The van der Waals surface area contributed by atoms with E-state index in [-0.39, 0.29) is 29.9 Å². The Balaban J connectivity index is 1.29. The van der Waals surface area contributed by atoms with Crippen LogP contribution in [0.25, 0.3) is 0 Å². The summed E-state index contributed by atoms with van der Waals surface area (Å²) < 4.78 is 30.5. The third kappa shape index (κ3) is 4.89. The van der Waals surface area contributed by atoms with Crippen molar-refractivity contribution in [1.29, 1.82) is 0 Å². The summed E-state index contributed by atoms with van der Waals surface area (Å²) in [6.45, 7) is 3.03. The molecule has 0 radical (unpaired) electrons. The van der Waals surface area contributed by atoms with Crippen molar-refractivity contribution in [3.8, 4) is 0 Å². The van der Waals surface area contributed by atoms with Gasteiger partial charge in [0.1, 0.15) is 5.82 Å². The van der Waals surface area contributed by atoms with E-state index in [1.165, 1.54) is 16.1 Å². The van der Waals surface area contributed by atoms with Gasteiger partial charge in [-0.25, -0.2) is 13.4 Å². The molecule has 1 aliphatic rings. The fourth-order valence-corrected chi connectivity index (χ4v) is 5.21. The van der Waals surface area contributed by atoms with E-state index in [0.717, 1.165) is 6.42 Å². The minimum atomic E-state index is -3.65.